The quantitative estimate of drug-likeness (QED) is 0.889. The van der Waals surface area contributed by atoms with Gasteiger partial charge in [-0.3, -0.25) is 14.5 Å². The van der Waals surface area contributed by atoms with Crippen molar-refractivity contribution in [1.29, 1.82) is 0 Å². The lowest BCUT2D eigenvalue weighted by Crippen LogP contribution is -2.45. The Kier molecular flexibility index (Phi) is 5.34. The molecule has 0 aromatic heterocycles. The molecule has 0 spiro atoms. The summed E-state index contributed by atoms with van der Waals surface area (Å²) < 4.78 is 13.6. The Morgan fingerprint density at radius 3 is 2.64 bits per heavy atom. The summed E-state index contributed by atoms with van der Waals surface area (Å²) in [5.41, 5.74) is 1.21. The van der Waals surface area contributed by atoms with E-state index in [1.165, 1.54) is 11.0 Å². The molecule has 4 nitrogen and oxygen atoms in total. The number of nitrogens with zero attached hydrogens (tertiary/aromatic N) is 1. The van der Waals surface area contributed by atoms with Crippen molar-refractivity contribution in [3.63, 3.8) is 0 Å². The molecular weight excluding hydrogens is 343 g/mol. The molecule has 2 aromatic carbocycles. The van der Waals surface area contributed by atoms with Gasteiger partial charge >= 0.3 is 0 Å². The fourth-order valence-corrected chi connectivity index (χ4v) is 3.12. The molecule has 0 aliphatic carbocycles. The number of amides is 2. The molecule has 1 heterocycles. The lowest BCUT2D eigenvalue weighted by molar-refractivity contribution is -0.123. The van der Waals surface area contributed by atoms with Gasteiger partial charge in [0, 0.05) is 23.7 Å². The van der Waals surface area contributed by atoms with Crippen molar-refractivity contribution in [3.05, 3.63) is 64.9 Å². The predicted molar refractivity (Wildman–Crippen MR) is 95.1 cm³/mol. The van der Waals surface area contributed by atoms with Crippen LogP contribution in [0.5, 0.6) is 0 Å². The number of carbonyl (C=O) groups excluding carboxylic acids is 2. The van der Waals surface area contributed by atoms with Crippen molar-refractivity contribution < 1.29 is 14.0 Å². The predicted octanol–water partition coefficient (Wildman–Crippen LogP) is 3.33. The third-order valence-corrected chi connectivity index (χ3v) is 4.52. The summed E-state index contributed by atoms with van der Waals surface area (Å²) in [4.78, 5) is 26.2. The zero-order valence-electron chi connectivity index (χ0n) is 13.5. The van der Waals surface area contributed by atoms with Crippen LogP contribution in [0.1, 0.15) is 18.4 Å². The summed E-state index contributed by atoms with van der Waals surface area (Å²) in [6.45, 7) is 0.318. The summed E-state index contributed by atoms with van der Waals surface area (Å²) in [6, 6.07) is 12.8. The van der Waals surface area contributed by atoms with E-state index < -0.39 is 6.04 Å². The van der Waals surface area contributed by atoms with Gasteiger partial charge in [0.25, 0.3) is 0 Å². The van der Waals surface area contributed by atoms with Crippen molar-refractivity contribution in [2.45, 2.75) is 25.3 Å². The first-order valence-electron chi connectivity index (χ1n) is 8.15. The smallest absolute Gasteiger partial charge is 0.243 e. The van der Waals surface area contributed by atoms with Crippen LogP contribution in [-0.4, -0.2) is 24.4 Å². The second-order valence-electron chi connectivity index (χ2n) is 5.93. The zero-order chi connectivity index (χ0) is 17.8. The van der Waals surface area contributed by atoms with Crippen LogP contribution in [-0.2, 0) is 16.0 Å². The number of nitrogens with one attached hydrogen (secondary N) is 1. The van der Waals surface area contributed by atoms with Gasteiger partial charge in [-0.1, -0.05) is 29.8 Å². The molecule has 1 saturated heterocycles. The molecule has 1 unspecified atom stereocenters. The van der Waals surface area contributed by atoms with Gasteiger partial charge in [-0.2, -0.15) is 0 Å². The number of anilines is 1. The highest BCUT2D eigenvalue weighted by Crippen LogP contribution is 2.27. The Morgan fingerprint density at radius 2 is 1.92 bits per heavy atom. The first kappa shape index (κ1) is 17.4. The summed E-state index contributed by atoms with van der Waals surface area (Å²) in [5.74, 6) is -0.593. The van der Waals surface area contributed by atoms with Crippen LogP contribution in [0.3, 0.4) is 0 Å². The Bertz CT molecular complexity index is 779. The van der Waals surface area contributed by atoms with E-state index in [1.807, 2.05) is 0 Å². The Labute approximate surface area is 150 Å². The van der Waals surface area contributed by atoms with Crippen LogP contribution >= 0.6 is 11.6 Å². The van der Waals surface area contributed by atoms with Gasteiger partial charge in [0.05, 0.1) is 0 Å². The molecule has 1 N–H and O–H groups in total. The highest BCUT2D eigenvalue weighted by molar-refractivity contribution is 6.30. The number of rotatable bonds is 5. The minimum absolute atomic E-state index is 0.0865. The van der Waals surface area contributed by atoms with Crippen LogP contribution < -0.4 is 10.2 Å². The second kappa shape index (κ2) is 7.66. The minimum atomic E-state index is -0.547. The second-order valence-corrected chi connectivity index (χ2v) is 6.36. The highest BCUT2D eigenvalue weighted by Gasteiger charge is 2.36. The fourth-order valence-electron chi connectivity index (χ4n) is 3.00. The third-order valence-electron chi connectivity index (χ3n) is 4.27. The van der Waals surface area contributed by atoms with E-state index >= 15 is 0 Å². The molecule has 2 aromatic rings. The molecule has 0 bridgehead atoms. The van der Waals surface area contributed by atoms with Crippen LogP contribution in [0.25, 0.3) is 0 Å². The molecule has 3 rings (SSSR count). The van der Waals surface area contributed by atoms with Crippen LogP contribution in [0.4, 0.5) is 10.1 Å². The average Bonchev–Trinajstić information content (AvgIpc) is 2.99. The van der Waals surface area contributed by atoms with Crippen molar-refractivity contribution >= 4 is 29.1 Å². The number of halogens is 2. The minimum Gasteiger partial charge on any atom is -0.354 e. The lowest BCUT2D eigenvalue weighted by atomic mass is 10.1. The normalized spacial score (nSPS) is 17.0. The van der Waals surface area contributed by atoms with E-state index in [0.29, 0.717) is 42.1 Å². The zero-order valence-corrected chi connectivity index (χ0v) is 14.3. The Balaban J connectivity index is 1.63. The van der Waals surface area contributed by atoms with Gasteiger partial charge < -0.3 is 5.32 Å². The van der Waals surface area contributed by atoms with Gasteiger partial charge in [0.2, 0.25) is 11.8 Å². The SMILES string of the molecule is O=C(NCCc1ccccc1F)C1CCC(=O)N1c1ccc(Cl)cc1. The van der Waals surface area contributed by atoms with Gasteiger partial charge in [0.1, 0.15) is 11.9 Å². The molecule has 1 aliphatic rings. The molecular formula is C19H18ClFN2O2. The van der Waals surface area contributed by atoms with E-state index in [2.05, 4.69) is 5.32 Å². The number of hydrogen-bond acceptors (Lipinski definition) is 2. The van der Waals surface area contributed by atoms with E-state index in [-0.39, 0.29) is 17.6 Å². The lowest BCUT2D eigenvalue weighted by Gasteiger charge is -2.24. The summed E-state index contributed by atoms with van der Waals surface area (Å²) in [5, 5.41) is 3.38. The maximum atomic E-state index is 13.6. The van der Waals surface area contributed by atoms with Gasteiger partial charge in [-0.15, -0.1) is 0 Å². The largest absolute Gasteiger partial charge is 0.354 e. The summed E-state index contributed by atoms with van der Waals surface area (Å²) >= 11 is 5.88. The van der Waals surface area contributed by atoms with E-state index in [9.17, 15) is 14.0 Å². The van der Waals surface area contributed by atoms with Crippen molar-refractivity contribution in [1.82, 2.24) is 5.32 Å². The summed E-state index contributed by atoms with van der Waals surface area (Å²) in [7, 11) is 0. The fraction of sp³-hybridized carbons (Fsp3) is 0.263. The first-order valence-corrected chi connectivity index (χ1v) is 8.53. The average molecular weight is 361 g/mol. The Morgan fingerprint density at radius 1 is 1.20 bits per heavy atom. The van der Waals surface area contributed by atoms with Gasteiger partial charge in [0.15, 0.2) is 0 Å². The molecule has 0 radical (unpaired) electrons. The molecule has 6 heteroatoms. The number of hydrogen-bond donors (Lipinski definition) is 1. The Hall–Kier alpha value is -2.40. The first-order chi connectivity index (χ1) is 12.1. The molecule has 2 amide bonds. The maximum absolute atomic E-state index is 13.6. The number of benzene rings is 2. The molecule has 1 atom stereocenters. The third kappa shape index (κ3) is 3.99. The van der Waals surface area contributed by atoms with E-state index in [4.69, 9.17) is 11.6 Å². The number of carbonyl (C=O) groups is 2. The molecule has 25 heavy (non-hydrogen) atoms. The van der Waals surface area contributed by atoms with Crippen LogP contribution in [0.15, 0.2) is 48.5 Å². The summed E-state index contributed by atoms with van der Waals surface area (Å²) in [6.07, 6.45) is 1.20. The van der Waals surface area contributed by atoms with Crippen LogP contribution in [0, 0.1) is 5.82 Å². The van der Waals surface area contributed by atoms with Gasteiger partial charge in [-0.25, -0.2) is 4.39 Å². The topological polar surface area (TPSA) is 49.4 Å². The molecule has 0 saturated carbocycles. The molecule has 130 valence electrons. The van der Waals surface area contributed by atoms with Crippen molar-refractivity contribution in [3.8, 4) is 0 Å². The molecule has 1 fully saturated rings. The van der Waals surface area contributed by atoms with Crippen molar-refractivity contribution in [2.75, 3.05) is 11.4 Å². The van der Waals surface area contributed by atoms with Crippen LogP contribution in [0.2, 0.25) is 5.02 Å². The standard InChI is InChI=1S/C19H18ClFN2O2/c20-14-5-7-15(8-6-14)23-17(9-10-18(23)24)19(25)22-12-11-13-3-1-2-4-16(13)21/h1-8,17H,9-12H2,(H,22,25). The maximum Gasteiger partial charge on any atom is 0.243 e. The highest BCUT2D eigenvalue weighted by atomic mass is 35.5. The monoisotopic (exact) mass is 360 g/mol. The van der Waals surface area contributed by atoms with Gasteiger partial charge in [-0.05, 0) is 48.7 Å². The van der Waals surface area contributed by atoms with E-state index in [1.54, 1.807) is 42.5 Å². The van der Waals surface area contributed by atoms with Crippen molar-refractivity contribution in [2.24, 2.45) is 0 Å². The molecule has 1 aliphatic heterocycles. The van der Waals surface area contributed by atoms with E-state index in [0.717, 1.165) is 0 Å².